The molecule has 0 aromatic carbocycles. The first kappa shape index (κ1) is 17.6. The highest BCUT2D eigenvalue weighted by Gasteiger charge is 2.71. The van der Waals surface area contributed by atoms with Gasteiger partial charge in [0.05, 0.1) is 0 Å². The summed E-state index contributed by atoms with van der Waals surface area (Å²) in [7, 11) is 0. The summed E-state index contributed by atoms with van der Waals surface area (Å²) in [6, 6.07) is 0. The average molecular weight is 352 g/mol. The van der Waals surface area contributed by atoms with Crippen molar-refractivity contribution in [3.05, 3.63) is 0 Å². The summed E-state index contributed by atoms with van der Waals surface area (Å²) in [4.78, 5) is 0. The molecule has 0 bridgehead atoms. The Hall–Kier alpha value is 0.630. The highest BCUT2D eigenvalue weighted by molar-refractivity contribution is 6.53. The Bertz CT molecular complexity index is 276. The van der Waals surface area contributed by atoms with Crippen LogP contribution in [0.2, 0.25) is 0 Å². The Kier molecular flexibility index (Phi) is 5.14. The quantitative estimate of drug-likeness (QED) is 0.514. The third-order valence-electron chi connectivity index (χ3n) is 1.24. The van der Waals surface area contributed by atoms with Crippen LogP contribution in [0.15, 0.2) is 0 Å². The third-order valence-corrected chi connectivity index (χ3v) is 2.89. The predicted octanol–water partition coefficient (Wildman–Crippen LogP) is 4.73. The number of hydrogen-bond acceptors (Lipinski definition) is 1. The van der Waals surface area contributed by atoms with E-state index < -0.39 is 27.6 Å². The molecule has 0 fully saturated rings. The number of hydrogen-bond donors (Lipinski definition) is 0. The number of rotatable bonds is 5. The second-order valence-electron chi connectivity index (χ2n) is 2.55. The Morgan fingerprint density at radius 2 is 1.24 bits per heavy atom. The smallest absolute Gasteiger partial charge is 0.249 e. The molecule has 0 radical (unpaired) electrons. The van der Waals surface area contributed by atoms with Crippen LogP contribution in [0.1, 0.15) is 0 Å². The van der Waals surface area contributed by atoms with E-state index >= 15 is 0 Å². The van der Waals surface area contributed by atoms with Gasteiger partial charge in [0.15, 0.2) is 0 Å². The van der Waals surface area contributed by atoms with E-state index in [9.17, 15) is 30.7 Å². The van der Waals surface area contributed by atoms with Crippen LogP contribution in [0, 0.1) is 0 Å². The monoisotopic (exact) mass is 350 g/mol. The maximum atomic E-state index is 12.8. The molecule has 0 saturated heterocycles. The van der Waals surface area contributed by atoms with Crippen molar-refractivity contribution in [1.29, 1.82) is 0 Å². The van der Waals surface area contributed by atoms with Gasteiger partial charge in [0.25, 0.3) is 9.96 Å². The SMILES string of the molecule is FC(Cl)C(F)(F)OC(F)(F)C(Cl)(Cl)C(F)(F)Cl. The minimum absolute atomic E-state index is 2.48. The molecule has 12 heteroatoms. The van der Waals surface area contributed by atoms with E-state index in [1.54, 1.807) is 0 Å². The molecular formula is C5HCl4F7O. The Morgan fingerprint density at radius 3 is 1.47 bits per heavy atom. The molecule has 1 atom stereocenters. The Balaban J connectivity index is 5.17. The summed E-state index contributed by atoms with van der Waals surface area (Å²) in [5, 5.41) is -5.03. The van der Waals surface area contributed by atoms with E-state index in [0.717, 1.165) is 0 Å². The fourth-order valence-corrected chi connectivity index (χ4v) is 0.676. The van der Waals surface area contributed by atoms with Gasteiger partial charge in [-0.05, 0) is 11.6 Å². The van der Waals surface area contributed by atoms with Crippen LogP contribution < -0.4 is 0 Å². The number of alkyl halides is 11. The maximum Gasteiger partial charge on any atom is 0.405 e. The van der Waals surface area contributed by atoms with Crippen LogP contribution in [0.3, 0.4) is 0 Å². The van der Waals surface area contributed by atoms with Gasteiger partial charge >= 0.3 is 17.6 Å². The number of ether oxygens (including phenoxy) is 1. The van der Waals surface area contributed by atoms with Crippen LogP contribution in [-0.4, -0.2) is 27.6 Å². The van der Waals surface area contributed by atoms with E-state index in [-0.39, 0.29) is 0 Å². The molecule has 1 nitrogen and oxygen atoms in total. The lowest BCUT2D eigenvalue weighted by Gasteiger charge is -2.33. The summed E-state index contributed by atoms with van der Waals surface area (Å²) >= 11 is 17.1. The predicted molar refractivity (Wildman–Crippen MR) is 47.0 cm³/mol. The molecule has 0 amide bonds. The van der Waals surface area contributed by atoms with E-state index in [2.05, 4.69) is 51.1 Å². The molecule has 0 rings (SSSR count). The zero-order chi connectivity index (χ0) is 14.3. The standard InChI is InChI=1S/C5HCl4F7O/c6-1(10)2(11,12)17-5(15,16)3(7,8)4(9,13)14/h1H. The molecule has 0 aromatic heterocycles. The largest absolute Gasteiger partial charge is 0.405 e. The van der Waals surface area contributed by atoms with Crippen molar-refractivity contribution in [2.24, 2.45) is 0 Å². The summed E-state index contributed by atoms with van der Waals surface area (Å²) < 4.78 is 84.8. The molecular weight excluding hydrogens is 351 g/mol. The molecule has 0 aliphatic rings. The van der Waals surface area contributed by atoms with Gasteiger partial charge in [0.2, 0.25) is 0 Å². The van der Waals surface area contributed by atoms with Gasteiger partial charge in [-0.2, -0.15) is 26.3 Å². The third kappa shape index (κ3) is 3.79. The first-order chi connectivity index (χ1) is 7.15. The Morgan fingerprint density at radius 1 is 0.882 bits per heavy atom. The van der Waals surface area contributed by atoms with Crippen molar-refractivity contribution in [2.75, 3.05) is 0 Å². The fraction of sp³-hybridized carbons (Fsp3) is 1.00. The average Bonchev–Trinajstić information content (AvgIpc) is 1.98. The van der Waals surface area contributed by atoms with Crippen LogP contribution in [0.25, 0.3) is 0 Å². The molecule has 0 N–H and O–H groups in total. The minimum Gasteiger partial charge on any atom is -0.249 e. The van der Waals surface area contributed by atoms with E-state index in [1.807, 2.05) is 0 Å². The molecule has 104 valence electrons. The molecule has 0 saturated carbocycles. The molecule has 0 aliphatic carbocycles. The Labute approximate surface area is 110 Å². The zero-order valence-electron chi connectivity index (χ0n) is 7.14. The van der Waals surface area contributed by atoms with Gasteiger partial charge < -0.3 is 0 Å². The molecule has 0 heterocycles. The lowest BCUT2D eigenvalue weighted by atomic mass is 10.4. The topological polar surface area (TPSA) is 9.23 Å². The van der Waals surface area contributed by atoms with Crippen LogP contribution in [0.4, 0.5) is 30.7 Å². The lowest BCUT2D eigenvalue weighted by Crippen LogP contribution is -2.54. The first-order valence-corrected chi connectivity index (χ1v) is 4.90. The van der Waals surface area contributed by atoms with Gasteiger partial charge in [-0.15, -0.1) is 0 Å². The normalized spacial score (nSPS) is 17.1. The first-order valence-electron chi connectivity index (χ1n) is 3.33. The second kappa shape index (κ2) is 4.96. The molecule has 0 aromatic rings. The van der Waals surface area contributed by atoms with E-state index in [0.29, 0.717) is 0 Å². The summed E-state index contributed by atoms with van der Waals surface area (Å²) in [5.74, 6) is 0. The van der Waals surface area contributed by atoms with Crippen LogP contribution >= 0.6 is 46.4 Å². The van der Waals surface area contributed by atoms with Gasteiger partial charge in [-0.25, -0.2) is 9.13 Å². The maximum absolute atomic E-state index is 12.8. The van der Waals surface area contributed by atoms with Crippen molar-refractivity contribution < 1.29 is 35.5 Å². The van der Waals surface area contributed by atoms with Crippen molar-refractivity contribution in [3.63, 3.8) is 0 Å². The van der Waals surface area contributed by atoms with E-state index in [4.69, 9.17) is 0 Å². The van der Waals surface area contributed by atoms with Crippen molar-refractivity contribution in [1.82, 2.24) is 0 Å². The van der Waals surface area contributed by atoms with Crippen LogP contribution in [-0.2, 0) is 4.74 Å². The highest BCUT2D eigenvalue weighted by atomic mass is 35.5. The highest BCUT2D eigenvalue weighted by Crippen LogP contribution is 2.53. The van der Waals surface area contributed by atoms with E-state index in [1.165, 1.54) is 0 Å². The summed E-state index contributed by atoms with van der Waals surface area (Å²) in [6.45, 7) is 0. The second-order valence-corrected chi connectivity index (χ2v) is 4.74. The lowest BCUT2D eigenvalue weighted by molar-refractivity contribution is -0.393. The van der Waals surface area contributed by atoms with Crippen molar-refractivity contribution >= 4 is 46.4 Å². The van der Waals surface area contributed by atoms with Gasteiger partial charge in [-0.1, -0.05) is 34.8 Å². The summed E-state index contributed by atoms with van der Waals surface area (Å²) in [5.41, 5.74) is -3.73. The molecule has 1 unspecified atom stereocenters. The van der Waals surface area contributed by atoms with Gasteiger partial charge in [0, 0.05) is 0 Å². The summed E-state index contributed by atoms with van der Waals surface area (Å²) in [6.07, 6.45) is -10.9. The number of halogens is 11. The molecule has 17 heavy (non-hydrogen) atoms. The fourth-order valence-electron chi connectivity index (χ4n) is 0.445. The minimum atomic E-state index is -5.58. The van der Waals surface area contributed by atoms with Gasteiger partial charge in [0.1, 0.15) is 0 Å². The van der Waals surface area contributed by atoms with Crippen LogP contribution in [0.5, 0.6) is 0 Å². The van der Waals surface area contributed by atoms with Gasteiger partial charge in [-0.3, -0.25) is 0 Å². The molecule has 0 spiro atoms. The zero-order valence-corrected chi connectivity index (χ0v) is 10.2. The van der Waals surface area contributed by atoms with Crippen molar-refractivity contribution in [3.8, 4) is 0 Å². The molecule has 0 aliphatic heterocycles. The van der Waals surface area contributed by atoms with Crippen molar-refractivity contribution in [2.45, 2.75) is 27.6 Å².